The van der Waals surface area contributed by atoms with E-state index in [9.17, 15) is 4.79 Å². The molecule has 0 aliphatic carbocycles. The number of piperidine rings is 1. The topological polar surface area (TPSA) is 48.0 Å². The molecule has 0 spiro atoms. The second-order valence-electron chi connectivity index (χ2n) is 7.58. The van der Waals surface area contributed by atoms with Gasteiger partial charge in [-0.2, -0.15) is 0 Å². The fraction of sp³-hybridized carbons (Fsp3) is 0.458. The van der Waals surface area contributed by atoms with Crippen LogP contribution in [0.2, 0.25) is 0 Å². The number of hydrogen-bond donors (Lipinski definition) is 0. The highest BCUT2D eigenvalue weighted by Crippen LogP contribution is 2.28. The molecule has 1 amide bonds. The molecular weight excluding hydrogens is 366 g/mol. The van der Waals surface area contributed by atoms with Crippen LogP contribution in [-0.2, 0) is 17.6 Å². The molecule has 0 radical (unpaired) electrons. The summed E-state index contributed by atoms with van der Waals surface area (Å²) in [7, 11) is 4.91. The number of carbonyl (C=O) groups is 1. The fourth-order valence-electron chi connectivity index (χ4n) is 3.91. The first-order valence-electron chi connectivity index (χ1n) is 10.2. The molecule has 0 aromatic heterocycles. The maximum atomic E-state index is 12.7. The molecule has 5 nitrogen and oxygen atoms in total. The highest BCUT2D eigenvalue weighted by atomic mass is 16.5. The highest BCUT2D eigenvalue weighted by molar-refractivity contribution is 5.79. The van der Waals surface area contributed by atoms with Gasteiger partial charge in [0.25, 0.3) is 0 Å². The van der Waals surface area contributed by atoms with Crippen molar-refractivity contribution in [3.8, 4) is 17.2 Å². The van der Waals surface area contributed by atoms with Gasteiger partial charge in [-0.25, -0.2) is 0 Å². The average molecular weight is 398 g/mol. The Kier molecular flexibility index (Phi) is 7.39. The van der Waals surface area contributed by atoms with Crippen LogP contribution in [0.1, 0.15) is 30.4 Å². The van der Waals surface area contributed by atoms with Crippen molar-refractivity contribution < 1.29 is 19.0 Å². The quantitative estimate of drug-likeness (QED) is 0.672. The molecule has 0 bridgehead atoms. The van der Waals surface area contributed by atoms with Crippen molar-refractivity contribution in [3.05, 3.63) is 53.6 Å². The minimum Gasteiger partial charge on any atom is -0.497 e. The number of likely N-dealkylation sites (tertiary alicyclic amines) is 1. The molecule has 0 unspecified atom stereocenters. The van der Waals surface area contributed by atoms with Gasteiger partial charge in [-0.1, -0.05) is 18.2 Å². The van der Waals surface area contributed by atoms with Crippen LogP contribution in [-0.4, -0.2) is 45.2 Å². The van der Waals surface area contributed by atoms with Crippen LogP contribution in [0.25, 0.3) is 0 Å². The summed E-state index contributed by atoms with van der Waals surface area (Å²) in [6.45, 7) is 1.69. The average Bonchev–Trinajstić information content (AvgIpc) is 2.78. The van der Waals surface area contributed by atoms with Crippen LogP contribution < -0.4 is 14.2 Å². The Hall–Kier alpha value is -2.69. The van der Waals surface area contributed by atoms with Gasteiger partial charge < -0.3 is 19.1 Å². The van der Waals surface area contributed by atoms with Gasteiger partial charge in [-0.05, 0) is 67.0 Å². The van der Waals surface area contributed by atoms with Crippen molar-refractivity contribution in [3.63, 3.8) is 0 Å². The van der Waals surface area contributed by atoms with E-state index in [1.54, 1.807) is 21.3 Å². The van der Waals surface area contributed by atoms with E-state index < -0.39 is 0 Å². The van der Waals surface area contributed by atoms with E-state index in [4.69, 9.17) is 14.2 Å². The number of methoxy groups -OCH3 is 3. The third kappa shape index (κ3) is 5.66. The van der Waals surface area contributed by atoms with Crippen LogP contribution in [0, 0.1) is 5.92 Å². The van der Waals surface area contributed by atoms with Crippen molar-refractivity contribution >= 4 is 5.91 Å². The summed E-state index contributed by atoms with van der Waals surface area (Å²) in [5.41, 5.74) is 2.30. The lowest BCUT2D eigenvalue weighted by Crippen LogP contribution is -2.39. The molecule has 3 rings (SSSR count). The zero-order chi connectivity index (χ0) is 20.6. The molecule has 1 fully saturated rings. The normalized spacial score (nSPS) is 14.5. The maximum Gasteiger partial charge on any atom is 0.226 e. The monoisotopic (exact) mass is 397 g/mol. The van der Waals surface area contributed by atoms with Gasteiger partial charge in [-0.3, -0.25) is 4.79 Å². The number of hydrogen-bond acceptors (Lipinski definition) is 4. The fourth-order valence-corrected chi connectivity index (χ4v) is 3.91. The van der Waals surface area contributed by atoms with E-state index in [-0.39, 0.29) is 5.91 Å². The minimum atomic E-state index is 0.186. The van der Waals surface area contributed by atoms with E-state index in [0.29, 0.717) is 23.8 Å². The molecule has 2 aromatic carbocycles. The summed E-state index contributed by atoms with van der Waals surface area (Å²) in [5.74, 6) is 3.11. The number of amides is 1. The predicted molar refractivity (Wildman–Crippen MR) is 114 cm³/mol. The number of nitrogens with zero attached hydrogens (tertiary/aromatic N) is 1. The third-order valence-corrected chi connectivity index (χ3v) is 5.77. The summed E-state index contributed by atoms with van der Waals surface area (Å²) in [5, 5.41) is 0. The van der Waals surface area contributed by atoms with Crippen LogP contribution in [0.15, 0.2) is 42.5 Å². The first kappa shape index (κ1) is 21.0. The standard InChI is InChI=1S/C24H31NO4/c1-27-21-9-6-18(7-10-21)4-5-19-12-14-25(15-13-19)24(26)17-20-8-11-22(28-2)23(16-20)29-3/h6-11,16,19H,4-5,12-15,17H2,1-3H3. The van der Waals surface area contributed by atoms with Gasteiger partial charge in [0.15, 0.2) is 11.5 Å². The smallest absolute Gasteiger partial charge is 0.226 e. The lowest BCUT2D eigenvalue weighted by molar-refractivity contribution is -0.131. The largest absolute Gasteiger partial charge is 0.497 e. The Morgan fingerprint density at radius 3 is 2.17 bits per heavy atom. The first-order valence-corrected chi connectivity index (χ1v) is 10.2. The SMILES string of the molecule is COc1ccc(CCC2CCN(C(=O)Cc3ccc(OC)c(OC)c3)CC2)cc1. The van der Waals surface area contributed by atoms with E-state index in [1.165, 1.54) is 12.0 Å². The summed E-state index contributed by atoms with van der Waals surface area (Å²) < 4.78 is 15.8. The summed E-state index contributed by atoms with van der Waals surface area (Å²) in [6, 6.07) is 14.0. The summed E-state index contributed by atoms with van der Waals surface area (Å²) in [4.78, 5) is 14.7. The van der Waals surface area contributed by atoms with Crippen molar-refractivity contribution in [1.29, 1.82) is 0 Å². The molecule has 0 N–H and O–H groups in total. The van der Waals surface area contributed by atoms with Crippen molar-refractivity contribution in [2.75, 3.05) is 34.4 Å². The third-order valence-electron chi connectivity index (χ3n) is 5.77. The molecule has 1 saturated heterocycles. The lowest BCUT2D eigenvalue weighted by Gasteiger charge is -2.32. The molecule has 5 heteroatoms. The zero-order valence-electron chi connectivity index (χ0n) is 17.6. The van der Waals surface area contributed by atoms with Crippen LogP contribution >= 0.6 is 0 Å². The number of benzene rings is 2. The molecular formula is C24H31NO4. The molecule has 1 heterocycles. The number of ether oxygens (including phenoxy) is 3. The number of rotatable bonds is 8. The van der Waals surface area contributed by atoms with Gasteiger partial charge in [0.05, 0.1) is 27.8 Å². The predicted octanol–water partition coefficient (Wildman–Crippen LogP) is 4.13. The second kappa shape index (κ2) is 10.2. The van der Waals surface area contributed by atoms with Crippen molar-refractivity contribution in [2.45, 2.75) is 32.1 Å². The maximum absolute atomic E-state index is 12.7. The minimum absolute atomic E-state index is 0.186. The van der Waals surface area contributed by atoms with Gasteiger partial charge in [0.1, 0.15) is 5.75 Å². The molecule has 1 aliphatic rings. The molecule has 29 heavy (non-hydrogen) atoms. The lowest BCUT2D eigenvalue weighted by atomic mass is 9.90. The summed E-state index contributed by atoms with van der Waals surface area (Å²) in [6.07, 6.45) is 4.80. The molecule has 0 saturated carbocycles. The number of carbonyl (C=O) groups excluding carboxylic acids is 1. The van der Waals surface area contributed by atoms with E-state index in [2.05, 4.69) is 12.1 Å². The van der Waals surface area contributed by atoms with Crippen molar-refractivity contribution in [1.82, 2.24) is 4.90 Å². The van der Waals surface area contributed by atoms with Gasteiger partial charge in [-0.15, -0.1) is 0 Å². The second-order valence-corrected chi connectivity index (χ2v) is 7.58. The summed E-state index contributed by atoms with van der Waals surface area (Å²) >= 11 is 0. The van der Waals surface area contributed by atoms with Gasteiger partial charge in [0.2, 0.25) is 5.91 Å². The Morgan fingerprint density at radius 2 is 1.55 bits per heavy atom. The molecule has 0 atom stereocenters. The van der Waals surface area contributed by atoms with Crippen molar-refractivity contribution in [2.24, 2.45) is 5.92 Å². The zero-order valence-corrected chi connectivity index (χ0v) is 17.6. The van der Waals surface area contributed by atoms with Crippen LogP contribution in [0.5, 0.6) is 17.2 Å². The first-order chi connectivity index (χ1) is 14.1. The number of aryl methyl sites for hydroxylation is 1. The van der Waals surface area contributed by atoms with E-state index in [1.807, 2.05) is 35.2 Å². The molecule has 156 valence electrons. The van der Waals surface area contributed by atoms with Crippen LogP contribution in [0.3, 0.4) is 0 Å². The Labute approximate surface area is 173 Å². The van der Waals surface area contributed by atoms with E-state index >= 15 is 0 Å². The molecule has 2 aromatic rings. The van der Waals surface area contributed by atoms with Gasteiger partial charge in [0, 0.05) is 13.1 Å². The Bertz CT molecular complexity index is 795. The Balaban J connectivity index is 1.45. The highest BCUT2D eigenvalue weighted by Gasteiger charge is 2.23. The van der Waals surface area contributed by atoms with Gasteiger partial charge >= 0.3 is 0 Å². The Morgan fingerprint density at radius 1 is 0.897 bits per heavy atom. The van der Waals surface area contributed by atoms with E-state index in [0.717, 1.165) is 43.7 Å². The van der Waals surface area contributed by atoms with Crippen LogP contribution in [0.4, 0.5) is 0 Å². The molecule has 1 aliphatic heterocycles.